The fourth-order valence-electron chi connectivity index (χ4n) is 2.53. The molecule has 0 N–H and O–H groups in total. The molecule has 0 amide bonds. The first-order valence-electron chi connectivity index (χ1n) is 6.78. The lowest BCUT2D eigenvalue weighted by atomic mass is 10.0. The molecule has 0 radical (unpaired) electrons. The summed E-state index contributed by atoms with van der Waals surface area (Å²) in [4.78, 5) is 0.943. The van der Waals surface area contributed by atoms with Crippen LogP contribution in [0.1, 0.15) is 44.2 Å². The van der Waals surface area contributed by atoms with Crippen LogP contribution in [0.4, 0.5) is 13.2 Å². The van der Waals surface area contributed by atoms with Gasteiger partial charge in [-0.25, -0.2) is 0 Å². The molecule has 0 aromatic heterocycles. The van der Waals surface area contributed by atoms with E-state index in [-0.39, 0.29) is 0 Å². The number of rotatable bonds is 4. The van der Waals surface area contributed by atoms with E-state index in [4.69, 9.17) is 0 Å². The molecule has 1 aliphatic rings. The molecule has 0 spiro atoms. The van der Waals surface area contributed by atoms with Gasteiger partial charge in [0.1, 0.15) is 0 Å². The SMILES string of the molecule is CCCCC1=Cc2c(CC)cccc2S1(Br)C(F)(F)F. The molecule has 5 heteroatoms. The smallest absolute Gasteiger partial charge is 0.160 e. The van der Waals surface area contributed by atoms with Gasteiger partial charge in [-0.15, -0.1) is 0 Å². The number of hydrogen-bond donors (Lipinski definition) is 0. The molecular weight excluding hydrogens is 349 g/mol. The third kappa shape index (κ3) is 2.43. The second-order valence-electron chi connectivity index (χ2n) is 4.88. The Morgan fingerprint density at radius 1 is 1.20 bits per heavy atom. The lowest BCUT2D eigenvalue weighted by Crippen LogP contribution is -2.16. The van der Waals surface area contributed by atoms with Gasteiger partial charge in [-0.3, -0.25) is 0 Å². The topological polar surface area (TPSA) is 0 Å². The van der Waals surface area contributed by atoms with Crippen LogP contribution in [0, 0.1) is 0 Å². The van der Waals surface area contributed by atoms with Crippen molar-refractivity contribution >= 4 is 29.4 Å². The van der Waals surface area contributed by atoms with Crippen molar-refractivity contribution in [3.8, 4) is 0 Å². The maximum atomic E-state index is 13.7. The second kappa shape index (κ2) is 5.76. The maximum absolute atomic E-state index is 13.7. The van der Waals surface area contributed by atoms with Crippen molar-refractivity contribution in [2.75, 3.05) is 0 Å². The highest BCUT2D eigenvalue weighted by molar-refractivity contribution is 9.59. The molecular formula is C15H18BrF3S. The fraction of sp³-hybridized carbons (Fsp3) is 0.467. The van der Waals surface area contributed by atoms with Crippen LogP contribution in [-0.2, 0) is 6.42 Å². The summed E-state index contributed by atoms with van der Waals surface area (Å²) < 4.78 is 41.1. The van der Waals surface area contributed by atoms with Crippen molar-refractivity contribution in [3.05, 3.63) is 34.2 Å². The van der Waals surface area contributed by atoms with Crippen molar-refractivity contribution in [3.63, 3.8) is 0 Å². The summed E-state index contributed by atoms with van der Waals surface area (Å²) in [5.74, 6) is 0. The van der Waals surface area contributed by atoms with Crippen LogP contribution < -0.4 is 0 Å². The Bertz CT molecular complexity index is 536. The molecule has 1 atom stereocenters. The number of aryl methyl sites for hydroxylation is 1. The Hall–Kier alpha value is -0.420. The Labute approximate surface area is 127 Å². The van der Waals surface area contributed by atoms with Gasteiger partial charge in [0, 0.05) is 4.90 Å². The third-order valence-corrected chi connectivity index (χ3v) is 9.64. The first-order chi connectivity index (χ1) is 9.36. The van der Waals surface area contributed by atoms with Crippen LogP contribution in [-0.4, -0.2) is 5.51 Å². The van der Waals surface area contributed by atoms with Crippen LogP contribution in [0.3, 0.4) is 0 Å². The molecule has 0 aliphatic carbocycles. The van der Waals surface area contributed by atoms with Crippen LogP contribution >= 0.6 is 23.3 Å². The molecule has 1 aliphatic heterocycles. The summed E-state index contributed by atoms with van der Waals surface area (Å²) >= 11 is 3.12. The van der Waals surface area contributed by atoms with Crippen LogP contribution in [0.2, 0.25) is 0 Å². The Morgan fingerprint density at radius 3 is 2.45 bits per heavy atom. The summed E-state index contributed by atoms with van der Waals surface area (Å²) in [5, 5.41) is 0. The molecule has 0 bridgehead atoms. The molecule has 0 saturated carbocycles. The van der Waals surface area contributed by atoms with Crippen LogP contribution in [0.5, 0.6) is 0 Å². The summed E-state index contributed by atoms with van der Waals surface area (Å²) in [7, 11) is -3.05. The normalized spacial score (nSPS) is 25.0. The minimum Gasteiger partial charge on any atom is -0.160 e. The maximum Gasteiger partial charge on any atom is 0.442 e. The van der Waals surface area contributed by atoms with E-state index in [0.29, 0.717) is 16.2 Å². The quantitative estimate of drug-likeness (QED) is 0.550. The molecule has 112 valence electrons. The predicted octanol–water partition coefficient (Wildman–Crippen LogP) is 6.79. The molecule has 0 saturated heterocycles. The highest BCUT2D eigenvalue weighted by Crippen LogP contribution is 2.81. The van der Waals surface area contributed by atoms with Crippen molar-refractivity contribution < 1.29 is 13.2 Å². The van der Waals surface area contributed by atoms with Crippen molar-refractivity contribution in [1.82, 2.24) is 0 Å². The van der Waals surface area contributed by atoms with E-state index in [0.717, 1.165) is 30.4 Å². The van der Waals surface area contributed by atoms with E-state index in [1.165, 1.54) is 0 Å². The number of alkyl halides is 3. The number of allylic oxidation sites excluding steroid dienone is 1. The van der Waals surface area contributed by atoms with Gasteiger partial charge >= 0.3 is 5.51 Å². The number of unbranched alkanes of at least 4 members (excludes halogenated alkanes) is 1. The summed E-state index contributed by atoms with van der Waals surface area (Å²) in [5.41, 5.74) is -2.47. The van der Waals surface area contributed by atoms with Gasteiger partial charge < -0.3 is 0 Å². The highest BCUT2D eigenvalue weighted by Gasteiger charge is 2.55. The van der Waals surface area contributed by atoms with E-state index in [9.17, 15) is 13.2 Å². The summed E-state index contributed by atoms with van der Waals surface area (Å²) in [6.07, 6.45) is 4.73. The van der Waals surface area contributed by atoms with Gasteiger partial charge in [0.05, 0.1) is 0 Å². The van der Waals surface area contributed by atoms with Crippen molar-refractivity contribution in [2.45, 2.75) is 49.9 Å². The van der Waals surface area contributed by atoms with E-state index in [2.05, 4.69) is 14.8 Å². The third-order valence-electron chi connectivity index (χ3n) is 3.60. The van der Waals surface area contributed by atoms with Gasteiger partial charge in [-0.05, 0) is 70.7 Å². The van der Waals surface area contributed by atoms with Gasteiger partial charge in [-0.1, -0.05) is 32.4 Å². The average molecular weight is 367 g/mol. The Kier molecular flexibility index (Phi) is 4.59. The minimum absolute atomic E-state index is 0.426. The molecule has 1 heterocycles. The molecule has 2 rings (SSSR count). The van der Waals surface area contributed by atoms with Gasteiger partial charge in [0.25, 0.3) is 0 Å². The summed E-state index contributed by atoms with van der Waals surface area (Å²) in [6.45, 7) is 3.98. The standard InChI is InChI=1S/C15H18BrF3S/c1-3-5-8-12-10-13-11(4-2)7-6-9-14(13)20(12,16)15(17,18)19/h6-7,9-10H,3-5,8H2,1-2H3. The Balaban J connectivity index is 2.58. The molecule has 1 aromatic carbocycles. The predicted molar refractivity (Wildman–Crippen MR) is 84.2 cm³/mol. The van der Waals surface area contributed by atoms with Gasteiger partial charge in [-0.2, -0.15) is 13.2 Å². The average Bonchev–Trinajstić information content (AvgIpc) is 2.70. The van der Waals surface area contributed by atoms with Gasteiger partial charge in [0.15, 0.2) is 0 Å². The van der Waals surface area contributed by atoms with Crippen molar-refractivity contribution in [1.29, 1.82) is 0 Å². The monoisotopic (exact) mass is 366 g/mol. The molecule has 0 nitrogen and oxygen atoms in total. The fourth-order valence-corrected chi connectivity index (χ4v) is 6.43. The zero-order chi connectivity index (χ0) is 15.0. The van der Waals surface area contributed by atoms with Gasteiger partial charge in [0.2, 0.25) is 0 Å². The van der Waals surface area contributed by atoms with E-state index < -0.39 is 14.0 Å². The van der Waals surface area contributed by atoms with Crippen LogP contribution in [0.25, 0.3) is 6.08 Å². The lowest BCUT2D eigenvalue weighted by Gasteiger charge is -2.35. The first kappa shape index (κ1) is 16.0. The summed E-state index contributed by atoms with van der Waals surface area (Å²) in [6, 6.07) is 5.28. The first-order valence-corrected chi connectivity index (χ1v) is 10.3. The van der Waals surface area contributed by atoms with Crippen LogP contribution in [0.15, 0.2) is 28.0 Å². The second-order valence-corrected chi connectivity index (χ2v) is 10.3. The number of fused-ring (bicyclic) bond motifs is 1. The van der Waals surface area contributed by atoms with E-state index in [1.807, 2.05) is 19.9 Å². The highest BCUT2D eigenvalue weighted by atomic mass is 79.9. The number of hydrogen-bond acceptors (Lipinski definition) is 0. The number of halogens is 4. The molecule has 1 aromatic rings. The number of benzene rings is 1. The lowest BCUT2D eigenvalue weighted by molar-refractivity contribution is -0.0355. The molecule has 0 fully saturated rings. The van der Waals surface area contributed by atoms with Crippen molar-refractivity contribution in [2.24, 2.45) is 0 Å². The Morgan fingerprint density at radius 2 is 1.90 bits per heavy atom. The minimum atomic E-state index is -4.25. The largest absolute Gasteiger partial charge is 0.442 e. The molecule has 20 heavy (non-hydrogen) atoms. The molecule has 1 unspecified atom stereocenters. The van der Waals surface area contributed by atoms with E-state index >= 15 is 0 Å². The zero-order valence-electron chi connectivity index (χ0n) is 11.6. The zero-order valence-corrected chi connectivity index (χ0v) is 14.0. The van der Waals surface area contributed by atoms with E-state index in [1.54, 1.807) is 18.2 Å².